The Morgan fingerprint density at radius 1 is 0.562 bits per heavy atom. The number of nitrogens with zero attached hydrogens (tertiary/aromatic N) is 4. The first-order valence-corrected chi connectivity index (χ1v) is 21.6. The van der Waals surface area contributed by atoms with E-state index in [1.54, 1.807) is 23.3 Å². The monoisotopic (exact) mass is 760 g/mol. The first-order chi connectivity index (χ1) is 22.4. The van der Waals surface area contributed by atoms with Gasteiger partial charge in [0.15, 0.2) is 0 Å². The summed E-state index contributed by atoms with van der Waals surface area (Å²) in [7, 11) is 0. The zero-order chi connectivity index (χ0) is 32.0. The normalized spacial score (nSPS) is 10.3. The molecule has 0 aliphatic rings. The molecule has 0 N–H and O–H groups in total. The number of hydrogen-bond acceptors (Lipinski definition) is 2. The second-order valence-corrected chi connectivity index (χ2v) is 21.1. The van der Waals surface area contributed by atoms with Gasteiger partial charge in [-0.05, 0) is 35.4 Å². The average Bonchev–Trinajstić information content (AvgIpc) is 3.88. The SMILES string of the molecule is C[Si](C)=[Zr+2].Cc1cc2c(-c3ccccc3)cc(-n3cccn3)cc2[cH-]1.Cc1cc2c(-c3ccccc3)cc(-n3cccn3)cc2[cH-]1.[Cl-].[Cl-]. The molecule has 0 aliphatic heterocycles. The fourth-order valence-electron chi connectivity index (χ4n) is 5.73. The molecule has 0 fully saturated rings. The van der Waals surface area contributed by atoms with Gasteiger partial charge >= 0.3 is 41.9 Å². The van der Waals surface area contributed by atoms with Crippen molar-refractivity contribution in [3.05, 3.63) is 157 Å². The summed E-state index contributed by atoms with van der Waals surface area (Å²) in [5.74, 6) is 0. The fraction of sp³-hybridized carbons (Fsp3) is 0.100. The summed E-state index contributed by atoms with van der Waals surface area (Å²) in [5.41, 5.74) is 9.97. The van der Waals surface area contributed by atoms with Gasteiger partial charge in [-0.1, -0.05) is 85.6 Å². The van der Waals surface area contributed by atoms with E-state index < -0.39 is 0 Å². The minimum absolute atomic E-state index is 0. The van der Waals surface area contributed by atoms with Gasteiger partial charge in [0.1, 0.15) is 0 Å². The zero-order valence-corrected chi connectivity index (χ0v) is 32.4. The zero-order valence-electron chi connectivity index (χ0n) is 27.4. The molecule has 8 rings (SSSR count). The third kappa shape index (κ3) is 8.80. The molecule has 0 bridgehead atoms. The molecule has 6 aromatic carbocycles. The Bertz CT molecular complexity index is 2040. The molecule has 240 valence electrons. The third-order valence-corrected chi connectivity index (χ3v) is 7.61. The molecular weight excluding hydrogens is 727 g/mol. The molecule has 48 heavy (non-hydrogen) atoms. The van der Waals surface area contributed by atoms with Gasteiger partial charge in [-0.3, -0.25) is 9.36 Å². The van der Waals surface area contributed by atoms with Gasteiger partial charge in [0.2, 0.25) is 0 Å². The van der Waals surface area contributed by atoms with Crippen LogP contribution in [0.25, 0.3) is 55.2 Å². The second kappa shape index (κ2) is 17.0. The van der Waals surface area contributed by atoms with E-state index >= 15 is 0 Å². The predicted molar refractivity (Wildman–Crippen MR) is 191 cm³/mol. The van der Waals surface area contributed by atoms with Crippen molar-refractivity contribution in [2.75, 3.05) is 0 Å². The van der Waals surface area contributed by atoms with Gasteiger partial charge in [0.25, 0.3) is 0 Å². The summed E-state index contributed by atoms with van der Waals surface area (Å²) in [6.45, 7) is 8.90. The van der Waals surface area contributed by atoms with Crippen LogP contribution in [0.5, 0.6) is 0 Å². The molecule has 2 heterocycles. The van der Waals surface area contributed by atoms with Crippen LogP contribution in [0.15, 0.2) is 146 Å². The number of aryl methyl sites for hydroxylation is 2. The predicted octanol–water partition coefficient (Wildman–Crippen LogP) is 4.23. The standard InChI is InChI=1S/2C19H15N2.C2H6Si.2ClH.Zr/c2*1-14-10-16-12-17(21-9-5-8-20-21)13-19(18(16)11-14)15-6-3-2-4-7-15;1-3-2;;;/h2*2-13H,1H3;1-2H3;2*1H;/q2*-1;;;;+2/p-2. The average molecular weight is 763 g/mol. The molecule has 0 aliphatic carbocycles. The van der Waals surface area contributed by atoms with Crippen LogP contribution in [0.4, 0.5) is 0 Å². The van der Waals surface area contributed by atoms with Crippen molar-refractivity contribution >= 4 is 27.0 Å². The topological polar surface area (TPSA) is 35.6 Å². The number of rotatable bonds is 4. The molecule has 0 unspecified atom stereocenters. The Morgan fingerprint density at radius 3 is 1.27 bits per heavy atom. The molecule has 8 heteroatoms. The molecule has 0 spiro atoms. The van der Waals surface area contributed by atoms with Crippen molar-refractivity contribution in [3.8, 4) is 33.6 Å². The van der Waals surface area contributed by atoms with Crippen molar-refractivity contribution in [3.63, 3.8) is 0 Å². The molecule has 0 saturated heterocycles. The van der Waals surface area contributed by atoms with Crippen molar-refractivity contribution < 1.29 is 48.1 Å². The van der Waals surface area contributed by atoms with Crippen LogP contribution in [-0.2, 0) is 23.3 Å². The van der Waals surface area contributed by atoms with E-state index in [-0.39, 0.29) is 30.2 Å². The van der Waals surface area contributed by atoms with Crippen molar-refractivity contribution in [1.29, 1.82) is 0 Å². The summed E-state index contributed by atoms with van der Waals surface area (Å²) in [6.07, 6.45) is 7.57. The molecule has 4 nitrogen and oxygen atoms in total. The number of fused-ring (bicyclic) bond motifs is 2. The largest absolute Gasteiger partial charge is 1.00 e. The van der Waals surface area contributed by atoms with Gasteiger partial charge < -0.3 is 24.8 Å². The van der Waals surface area contributed by atoms with Crippen LogP contribution >= 0.6 is 0 Å². The van der Waals surface area contributed by atoms with Gasteiger partial charge in [0, 0.05) is 36.2 Å². The van der Waals surface area contributed by atoms with Crippen LogP contribution < -0.4 is 24.8 Å². The second-order valence-electron chi connectivity index (χ2n) is 11.7. The van der Waals surface area contributed by atoms with Gasteiger partial charge in [-0.15, -0.1) is 56.9 Å². The maximum Gasteiger partial charge on any atom is 0.0493 e. The van der Waals surface area contributed by atoms with E-state index in [9.17, 15) is 0 Å². The van der Waals surface area contributed by atoms with E-state index in [2.05, 4.69) is 134 Å². The molecule has 8 aromatic rings. The number of halogens is 2. The third-order valence-electron chi connectivity index (χ3n) is 7.61. The summed E-state index contributed by atoms with van der Waals surface area (Å²) in [5, 5.41) is 13.8. The van der Waals surface area contributed by atoms with E-state index in [4.69, 9.17) is 0 Å². The number of benzene rings is 4. The van der Waals surface area contributed by atoms with Gasteiger partial charge in [0.05, 0.1) is 0 Å². The first kappa shape index (κ1) is 37.0. The van der Waals surface area contributed by atoms with Crippen LogP contribution in [0.1, 0.15) is 11.1 Å². The van der Waals surface area contributed by atoms with E-state index in [0.717, 1.165) is 11.4 Å². The smallest absolute Gasteiger partial charge is 0.0493 e. The molecule has 0 saturated carbocycles. The van der Waals surface area contributed by atoms with Crippen LogP contribution in [0.2, 0.25) is 13.1 Å². The van der Waals surface area contributed by atoms with Crippen molar-refractivity contribution in [1.82, 2.24) is 19.6 Å². The van der Waals surface area contributed by atoms with Crippen molar-refractivity contribution in [2.45, 2.75) is 26.9 Å². The maximum absolute atomic E-state index is 4.35. The van der Waals surface area contributed by atoms with Gasteiger partial charge in [-0.2, -0.15) is 22.3 Å². The summed E-state index contributed by atoms with van der Waals surface area (Å²) in [4.78, 5) is 0. The molecular formula is C40H36Cl2N4SiZr-2. The Balaban J connectivity index is 0.000000188. The van der Waals surface area contributed by atoms with E-state index in [1.165, 1.54) is 54.9 Å². The van der Waals surface area contributed by atoms with Crippen LogP contribution in [0.3, 0.4) is 0 Å². The summed E-state index contributed by atoms with van der Waals surface area (Å²) in [6, 6.07) is 42.7. The quantitative estimate of drug-likeness (QED) is 0.199. The van der Waals surface area contributed by atoms with Crippen LogP contribution in [-0.4, -0.2) is 25.0 Å². The molecule has 0 atom stereocenters. The van der Waals surface area contributed by atoms with E-state index in [1.807, 2.05) is 58.4 Å². The molecule has 0 radical (unpaired) electrons. The van der Waals surface area contributed by atoms with Crippen molar-refractivity contribution in [2.24, 2.45) is 0 Å². The summed E-state index contributed by atoms with van der Waals surface area (Å²) < 4.78 is 3.82. The first-order valence-electron chi connectivity index (χ1n) is 15.4. The van der Waals surface area contributed by atoms with Crippen LogP contribution in [0, 0.1) is 13.8 Å². The Hall–Kier alpha value is -3.80. The van der Waals surface area contributed by atoms with E-state index in [0.29, 0.717) is 0 Å². The number of hydrogen-bond donors (Lipinski definition) is 0. The minimum Gasteiger partial charge on any atom is -1.00 e. The fourth-order valence-corrected chi connectivity index (χ4v) is 5.73. The summed E-state index contributed by atoms with van der Waals surface area (Å²) >= 11 is 1.74. The minimum atomic E-state index is 0. The van der Waals surface area contributed by atoms with Gasteiger partial charge in [-0.25, -0.2) is 0 Å². The Morgan fingerprint density at radius 2 is 0.938 bits per heavy atom. The molecule has 2 aromatic heterocycles. The Labute approximate surface area is 310 Å². The maximum atomic E-state index is 4.35. The molecule has 0 amide bonds. The number of aromatic nitrogens is 4. The Kier molecular flexibility index (Phi) is 13.1.